The van der Waals surface area contributed by atoms with Crippen LogP contribution in [-0.4, -0.2) is 9.55 Å². The Morgan fingerprint density at radius 3 is 2.45 bits per heavy atom. The Kier molecular flexibility index (Phi) is 8.49. The molecule has 0 fully saturated rings. The third-order valence-electron chi connectivity index (χ3n) is 7.85. The molecule has 2 unspecified atom stereocenters. The van der Waals surface area contributed by atoms with E-state index in [9.17, 15) is 4.79 Å². The monoisotopic (exact) mass is 533 g/mol. The summed E-state index contributed by atoms with van der Waals surface area (Å²) in [4.78, 5) is 18.6. The molecule has 3 aromatic carbocycles. The quantitative estimate of drug-likeness (QED) is 0.136. The topological polar surface area (TPSA) is 60.1 Å². The fourth-order valence-corrected chi connectivity index (χ4v) is 5.14. The predicted molar refractivity (Wildman–Crippen MR) is 167 cm³/mol. The van der Waals surface area contributed by atoms with E-state index in [2.05, 4.69) is 87.6 Å². The Hall–Kier alpha value is -4.12. The van der Waals surface area contributed by atoms with E-state index in [1.54, 1.807) is 10.8 Å². The van der Waals surface area contributed by atoms with E-state index in [0.717, 1.165) is 58.7 Å². The Labute approximate surface area is 236 Å². The molecule has 0 aliphatic heterocycles. The van der Waals surface area contributed by atoms with E-state index in [0.29, 0.717) is 24.0 Å². The maximum atomic E-state index is 13.8. The second-order valence-electron chi connectivity index (χ2n) is 10.7. The fourth-order valence-electron chi connectivity index (χ4n) is 5.14. The van der Waals surface area contributed by atoms with Gasteiger partial charge in [-0.1, -0.05) is 94.3 Å². The summed E-state index contributed by atoms with van der Waals surface area (Å²) in [6.45, 7) is 9.17. The van der Waals surface area contributed by atoms with Gasteiger partial charge < -0.3 is 9.73 Å². The molecule has 40 heavy (non-hydrogen) atoms. The summed E-state index contributed by atoms with van der Waals surface area (Å²) in [5, 5.41) is 5.61. The Morgan fingerprint density at radius 2 is 1.68 bits per heavy atom. The summed E-state index contributed by atoms with van der Waals surface area (Å²) in [6, 6.07) is 22.7. The highest BCUT2D eigenvalue weighted by molar-refractivity contribution is 6.05. The highest BCUT2D eigenvalue weighted by atomic mass is 16.3. The summed E-state index contributed by atoms with van der Waals surface area (Å²) in [7, 11) is 0. The SMILES string of the molecule is CCCC/C=C\Cn1c(-c2ccc(C(C)CC)cc2)ncc(NC(C)c2ccc3oc4ccccc4c3c2)c1=O. The van der Waals surface area contributed by atoms with Crippen molar-refractivity contribution >= 4 is 27.6 Å². The average Bonchev–Trinajstić information content (AvgIpc) is 3.36. The molecule has 5 rings (SSSR count). The predicted octanol–water partition coefficient (Wildman–Crippen LogP) is 9.24. The molecule has 2 atom stereocenters. The van der Waals surface area contributed by atoms with Crippen LogP contribution in [0.5, 0.6) is 0 Å². The lowest BCUT2D eigenvalue weighted by atomic mass is 9.97. The molecule has 0 bridgehead atoms. The van der Waals surface area contributed by atoms with Crippen LogP contribution in [0.2, 0.25) is 0 Å². The van der Waals surface area contributed by atoms with Crippen molar-refractivity contribution in [2.45, 2.75) is 71.9 Å². The number of allylic oxidation sites excluding steroid dienone is 2. The van der Waals surface area contributed by atoms with E-state index in [1.807, 2.05) is 24.3 Å². The minimum absolute atomic E-state index is 0.0715. The van der Waals surface area contributed by atoms with Crippen LogP contribution in [-0.2, 0) is 6.54 Å². The minimum atomic E-state index is -0.0956. The van der Waals surface area contributed by atoms with Crippen molar-refractivity contribution in [2.24, 2.45) is 0 Å². The van der Waals surface area contributed by atoms with Gasteiger partial charge in [0.2, 0.25) is 0 Å². The van der Waals surface area contributed by atoms with Crippen LogP contribution in [0.25, 0.3) is 33.3 Å². The fraction of sp³-hybridized carbons (Fsp3) is 0.314. The van der Waals surface area contributed by atoms with E-state index >= 15 is 0 Å². The maximum absolute atomic E-state index is 13.8. The number of benzene rings is 3. The number of nitrogens with one attached hydrogen (secondary N) is 1. The van der Waals surface area contributed by atoms with Gasteiger partial charge in [-0.25, -0.2) is 4.98 Å². The highest BCUT2D eigenvalue weighted by Crippen LogP contribution is 2.31. The Bertz CT molecular complexity index is 1680. The molecule has 2 heterocycles. The Balaban J connectivity index is 1.46. The van der Waals surface area contributed by atoms with Gasteiger partial charge in [0.1, 0.15) is 22.7 Å². The lowest BCUT2D eigenvalue weighted by Crippen LogP contribution is -2.26. The number of unbranched alkanes of at least 4 members (excludes halogenated alkanes) is 2. The number of furan rings is 1. The van der Waals surface area contributed by atoms with Gasteiger partial charge in [0, 0.05) is 28.9 Å². The lowest BCUT2D eigenvalue weighted by Gasteiger charge is -2.18. The van der Waals surface area contributed by atoms with E-state index < -0.39 is 0 Å². The van der Waals surface area contributed by atoms with Crippen molar-refractivity contribution < 1.29 is 4.42 Å². The summed E-state index contributed by atoms with van der Waals surface area (Å²) in [5.74, 6) is 1.18. The maximum Gasteiger partial charge on any atom is 0.277 e. The van der Waals surface area contributed by atoms with Gasteiger partial charge in [0.25, 0.3) is 5.56 Å². The zero-order chi connectivity index (χ0) is 28.1. The van der Waals surface area contributed by atoms with Crippen LogP contribution in [0.3, 0.4) is 0 Å². The van der Waals surface area contributed by atoms with Crippen molar-refractivity contribution in [3.8, 4) is 11.4 Å². The molecule has 1 N–H and O–H groups in total. The van der Waals surface area contributed by atoms with Gasteiger partial charge in [-0.2, -0.15) is 0 Å². The Morgan fingerprint density at radius 1 is 0.925 bits per heavy atom. The summed E-state index contributed by atoms with van der Waals surface area (Å²) >= 11 is 0. The van der Waals surface area contributed by atoms with Gasteiger partial charge in [-0.05, 0) is 55.0 Å². The number of para-hydroxylation sites is 1. The highest BCUT2D eigenvalue weighted by Gasteiger charge is 2.16. The molecule has 0 saturated heterocycles. The van der Waals surface area contributed by atoms with Crippen molar-refractivity contribution in [1.29, 1.82) is 0 Å². The second-order valence-corrected chi connectivity index (χ2v) is 10.7. The van der Waals surface area contributed by atoms with Crippen LogP contribution in [0.4, 0.5) is 5.69 Å². The molecule has 0 aliphatic carbocycles. The molecule has 0 spiro atoms. The van der Waals surface area contributed by atoms with Crippen LogP contribution < -0.4 is 10.9 Å². The van der Waals surface area contributed by atoms with Gasteiger partial charge in [-0.15, -0.1) is 0 Å². The number of fused-ring (bicyclic) bond motifs is 3. The minimum Gasteiger partial charge on any atom is -0.456 e. The molecule has 2 aromatic heterocycles. The number of aromatic nitrogens is 2. The van der Waals surface area contributed by atoms with Crippen molar-refractivity contribution in [3.63, 3.8) is 0 Å². The summed E-state index contributed by atoms with van der Waals surface area (Å²) < 4.78 is 7.77. The number of nitrogens with zero attached hydrogens (tertiary/aromatic N) is 2. The smallest absolute Gasteiger partial charge is 0.277 e. The molecule has 0 amide bonds. The van der Waals surface area contributed by atoms with Crippen molar-refractivity contribution in [1.82, 2.24) is 9.55 Å². The molecule has 0 saturated carbocycles. The third kappa shape index (κ3) is 5.74. The molecular weight excluding hydrogens is 494 g/mol. The molecule has 0 aliphatic rings. The largest absolute Gasteiger partial charge is 0.456 e. The zero-order valence-electron chi connectivity index (χ0n) is 24.0. The summed E-state index contributed by atoms with van der Waals surface area (Å²) in [6.07, 6.45) is 10.3. The van der Waals surface area contributed by atoms with Crippen LogP contribution in [0.15, 0.2) is 94.3 Å². The van der Waals surface area contributed by atoms with Crippen molar-refractivity contribution in [2.75, 3.05) is 5.32 Å². The van der Waals surface area contributed by atoms with Crippen LogP contribution >= 0.6 is 0 Å². The van der Waals surface area contributed by atoms with E-state index in [1.165, 1.54) is 5.56 Å². The van der Waals surface area contributed by atoms with E-state index in [-0.39, 0.29) is 11.6 Å². The molecule has 0 radical (unpaired) electrons. The van der Waals surface area contributed by atoms with Gasteiger partial charge in [0.05, 0.1) is 6.20 Å². The molecule has 206 valence electrons. The van der Waals surface area contributed by atoms with Crippen LogP contribution in [0.1, 0.15) is 76.5 Å². The zero-order valence-corrected chi connectivity index (χ0v) is 24.0. The average molecular weight is 534 g/mol. The lowest BCUT2D eigenvalue weighted by molar-refractivity contribution is 0.668. The summed E-state index contributed by atoms with van der Waals surface area (Å²) in [5.41, 5.74) is 5.48. The number of anilines is 1. The third-order valence-corrected chi connectivity index (χ3v) is 7.85. The molecule has 5 aromatic rings. The van der Waals surface area contributed by atoms with Crippen molar-refractivity contribution in [3.05, 3.63) is 107 Å². The normalized spacial score (nSPS) is 13.3. The van der Waals surface area contributed by atoms with Gasteiger partial charge in [0.15, 0.2) is 0 Å². The van der Waals surface area contributed by atoms with Gasteiger partial charge >= 0.3 is 0 Å². The van der Waals surface area contributed by atoms with E-state index in [4.69, 9.17) is 9.40 Å². The van der Waals surface area contributed by atoms with Gasteiger partial charge in [-0.3, -0.25) is 9.36 Å². The number of rotatable bonds is 11. The van der Waals surface area contributed by atoms with Crippen LogP contribution in [0, 0.1) is 0 Å². The molecule has 5 heteroatoms. The first-order chi connectivity index (χ1) is 19.5. The first-order valence-corrected chi connectivity index (χ1v) is 14.5. The first kappa shape index (κ1) is 27.4. The first-order valence-electron chi connectivity index (χ1n) is 14.5. The second kappa shape index (κ2) is 12.4. The number of hydrogen-bond donors (Lipinski definition) is 1. The number of hydrogen-bond acceptors (Lipinski definition) is 4. The standard InChI is InChI=1S/C35H39N3O2/c1-5-7-8-9-12-21-38-34(27-17-15-26(16-18-27)24(3)6-2)36-23-31(35(38)39)37-25(4)28-19-20-33-30(22-28)29-13-10-11-14-32(29)40-33/h9-20,22-25,37H,5-8,21H2,1-4H3/b12-9-. The molecular formula is C35H39N3O2. The molecule has 5 nitrogen and oxygen atoms in total.